The number of benzene rings is 1. The van der Waals surface area contributed by atoms with Crippen LogP contribution in [0.15, 0.2) is 24.3 Å². The predicted octanol–water partition coefficient (Wildman–Crippen LogP) is -2.16. The number of nitrogens with zero attached hydrogens (tertiary/aromatic N) is 1. The summed E-state index contributed by atoms with van der Waals surface area (Å²) >= 11 is 0. The van der Waals surface area contributed by atoms with Crippen molar-refractivity contribution in [3.63, 3.8) is 0 Å². The molecule has 0 bridgehead atoms. The first-order valence-corrected chi connectivity index (χ1v) is 5.09. The van der Waals surface area contributed by atoms with Crippen molar-refractivity contribution in [3.8, 4) is 0 Å². The van der Waals surface area contributed by atoms with Gasteiger partial charge < -0.3 is 10.1 Å². The molecule has 2 nitrogen and oxygen atoms in total. The molecule has 0 radical (unpaired) electrons. The van der Waals surface area contributed by atoms with Gasteiger partial charge in [0, 0.05) is 5.41 Å². The number of para-hydroxylation sites is 1. The predicted molar refractivity (Wildman–Crippen MR) is 63.0 cm³/mol. The molecule has 17 heavy (non-hydrogen) atoms. The fraction of sp³-hybridized carbons (Fsp3) is 0.385. The molecule has 0 unspecified atom stereocenters. The van der Waals surface area contributed by atoms with Gasteiger partial charge in [-0.1, -0.05) is 33.8 Å². The van der Waals surface area contributed by atoms with Gasteiger partial charge in [0.25, 0.3) is 0 Å². The zero-order valence-electron chi connectivity index (χ0n) is 11.7. The molecule has 0 N–H and O–H groups in total. The van der Waals surface area contributed by atoms with E-state index < -0.39 is 5.41 Å². The van der Waals surface area contributed by atoms with E-state index in [1.54, 1.807) is 0 Å². The molecule has 1 aromatic carbocycles. The van der Waals surface area contributed by atoms with Crippen LogP contribution < -0.4 is 37.7 Å². The topological polar surface area (TPSA) is 31.2 Å². The summed E-state index contributed by atoms with van der Waals surface area (Å²) in [5, 5.41) is 4.13. The maximum absolute atomic E-state index is 11.7. The van der Waals surface area contributed by atoms with Gasteiger partial charge in [-0.3, -0.25) is 0 Å². The van der Waals surface area contributed by atoms with Crippen LogP contribution in [0.1, 0.15) is 33.3 Å². The van der Waals surface area contributed by atoms with Crippen molar-refractivity contribution < 1.29 is 42.5 Å². The minimum Gasteiger partial charge on any atom is -0.684 e. The van der Waals surface area contributed by atoms with Gasteiger partial charge in [-0.2, -0.15) is 12.5 Å². The SMILES string of the molecule is C[CH-]c1ccccc1[N-]C(=O)C(C)(C)C.[Li+].[Li+]. The summed E-state index contributed by atoms with van der Waals surface area (Å²) < 4.78 is 0. The summed E-state index contributed by atoms with van der Waals surface area (Å²) in [4.78, 5) is 11.7. The van der Waals surface area contributed by atoms with Gasteiger partial charge in [0.05, 0.1) is 5.91 Å². The summed E-state index contributed by atoms with van der Waals surface area (Å²) in [6.07, 6.45) is 1.95. The molecule has 82 valence electrons. The normalized spacial score (nSPS) is 9.65. The van der Waals surface area contributed by atoms with Crippen molar-refractivity contribution in [1.82, 2.24) is 0 Å². The smallest absolute Gasteiger partial charge is 0.684 e. The average Bonchev–Trinajstić information content (AvgIpc) is 2.17. The zero-order chi connectivity index (χ0) is 11.5. The maximum Gasteiger partial charge on any atom is 1.00 e. The molecule has 1 amide bonds. The molecule has 0 aliphatic rings. The Morgan fingerprint density at radius 3 is 2.18 bits per heavy atom. The van der Waals surface area contributed by atoms with Crippen LogP contribution in [0.3, 0.4) is 0 Å². The number of carbonyl (C=O) groups is 1. The second-order valence-corrected chi connectivity index (χ2v) is 4.51. The van der Waals surface area contributed by atoms with Crippen LogP contribution in [0.4, 0.5) is 5.69 Å². The van der Waals surface area contributed by atoms with E-state index in [1.807, 2.05) is 58.4 Å². The number of carbonyl (C=O) groups excluding carboxylic acids is 1. The zero-order valence-corrected chi connectivity index (χ0v) is 11.7. The number of rotatable bonds is 2. The molecular weight excluding hydrogens is 200 g/mol. The molecule has 1 rings (SSSR count). The van der Waals surface area contributed by atoms with E-state index in [-0.39, 0.29) is 43.6 Å². The van der Waals surface area contributed by atoms with E-state index in [9.17, 15) is 4.79 Å². The third kappa shape index (κ3) is 5.76. The molecule has 0 atom stereocenters. The Kier molecular flexibility index (Phi) is 8.95. The van der Waals surface area contributed by atoms with Crippen LogP contribution in [0.2, 0.25) is 0 Å². The molecule has 0 aliphatic carbocycles. The van der Waals surface area contributed by atoms with Gasteiger partial charge in [0.1, 0.15) is 0 Å². The van der Waals surface area contributed by atoms with Crippen molar-refractivity contribution in [3.05, 3.63) is 41.6 Å². The summed E-state index contributed by atoms with van der Waals surface area (Å²) in [5.74, 6) is -0.0863. The van der Waals surface area contributed by atoms with E-state index >= 15 is 0 Å². The number of hydrogen-bond acceptors (Lipinski definition) is 1. The van der Waals surface area contributed by atoms with Crippen molar-refractivity contribution in [2.24, 2.45) is 5.41 Å². The Bertz CT molecular complexity index is 359. The van der Waals surface area contributed by atoms with Gasteiger partial charge in [0.15, 0.2) is 0 Å². The molecule has 0 heterocycles. The van der Waals surface area contributed by atoms with Crippen molar-refractivity contribution in [1.29, 1.82) is 0 Å². The summed E-state index contributed by atoms with van der Waals surface area (Å²) in [6, 6.07) is 7.64. The van der Waals surface area contributed by atoms with Crippen LogP contribution >= 0.6 is 0 Å². The van der Waals surface area contributed by atoms with Gasteiger partial charge in [-0.25, -0.2) is 11.3 Å². The van der Waals surface area contributed by atoms with E-state index in [4.69, 9.17) is 0 Å². The third-order valence-corrected chi connectivity index (χ3v) is 2.11. The second-order valence-electron chi connectivity index (χ2n) is 4.51. The van der Waals surface area contributed by atoms with Gasteiger partial charge in [-0.05, 0) is 0 Å². The van der Waals surface area contributed by atoms with Crippen LogP contribution in [0.25, 0.3) is 5.32 Å². The second kappa shape index (κ2) is 7.96. The minimum atomic E-state index is -0.416. The summed E-state index contributed by atoms with van der Waals surface area (Å²) in [7, 11) is 0. The van der Waals surface area contributed by atoms with E-state index in [2.05, 4.69) is 5.32 Å². The van der Waals surface area contributed by atoms with Gasteiger partial charge in [0.2, 0.25) is 0 Å². The Hall–Kier alpha value is -0.245. The minimum absolute atomic E-state index is 0. The molecule has 4 heteroatoms. The first-order valence-electron chi connectivity index (χ1n) is 5.09. The van der Waals surface area contributed by atoms with Crippen LogP contribution in [0.5, 0.6) is 0 Å². The fourth-order valence-electron chi connectivity index (χ4n) is 1.11. The van der Waals surface area contributed by atoms with E-state index in [1.165, 1.54) is 0 Å². The first kappa shape index (κ1) is 19.1. The summed E-state index contributed by atoms with van der Waals surface area (Å²) in [5.41, 5.74) is 1.33. The molecule has 1 aromatic rings. The molecule has 0 fully saturated rings. The largest absolute Gasteiger partial charge is 1.00 e. The molecule has 0 saturated carbocycles. The fourth-order valence-corrected chi connectivity index (χ4v) is 1.11. The quantitative estimate of drug-likeness (QED) is 0.410. The van der Waals surface area contributed by atoms with Gasteiger partial charge in [-0.15, -0.1) is 12.1 Å². The van der Waals surface area contributed by atoms with Crippen LogP contribution in [-0.2, 0) is 4.79 Å². The Labute approximate surface area is 128 Å². The monoisotopic (exact) mass is 217 g/mol. The van der Waals surface area contributed by atoms with Crippen LogP contribution in [-0.4, -0.2) is 5.91 Å². The maximum atomic E-state index is 11.7. The standard InChI is InChI=1S/C13H18NO.2Li/c1-5-10-8-6-7-9-11(10)14-12(15)13(2,3)4;;/h5-9H,1-4H3,(H,14,15);;/q-1;2*+1/p-1. The van der Waals surface area contributed by atoms with Crippen LogP contribution in [0, 0.1) is 11.8 Å². The molecule has 0 aliphatic heterocycles. The number of hydrogen-bond donors (Lipinski definition) is 0. The molecule has 0 aromatic heterocycles. The molecule has 0 saturated heterocycles. The van der Waals surface area contributed by atoms with Crippen molar-refractivity contribution in [2.45, 2.75) is 27.7 Å². The van der Waals surface area contributed by atoms with E-state index in [0.717, 1.165) is 11.3 Å². The number of amides is 1. The Balaban J connectivity index is 0. The molecular formula is C13H17Li2NO. The van der Waals surface area contributed by atoms with Crippen molar-refractivity contribution >= 4 is 11.6 Å². The average molecular weight is 217 g/mol. The van der Waals surface area contributed by atoms with E-state index in [0.29, 0.717) is 0 Å². The molecule has 0 spiro atoms. The first-order chi connectivity index (χ1) is 6.95. The van der Waals surface area contributed by atoms with Gasteiger partial charge >= 0.3 is 37.7 Å². The summed E-state index contributed by atoms with van der Waals surface area (Å²) in [6.45, 7) is 7.56. The Morgan fingerprint density at radius 1 is 1.18 bits per heavy atom. The Morgan fingerprint density at radius 2 is 1.71 bits per heavy atom. The van der Waals surface area contributed by atoms with Crippen molar-refractivity contribution in [2.75, 3.05) is 0 Å². The third-order valence-electron chi connectivity index (χ3n) is 2.11.